The Balaban J connectivity index is 2.08. The van der Waals surface area contributed by atoms with Crippen molar-refractivity contribution < 1.29 is 4.39 Å². The van der Waals surface area contributed by atoms with Gasteiger partial charge in [0.1, 0.15) is 5.82 Å². The summed E-state index contributed by atoms with van der Waals surface area (Å²) < 4.78 is 14.4. The van der Waals surface area contributed by atoms with Gasteiger partial charge in [0.25, 0.3) is 0 Å². The van der Waals surface area contributed by atoms with E-state index in [4.69, 9.17) is 11.6 Å². The second kappa shape index (κ2) is 7.58. The van der Waals surface area contributed by atoms with Crippen LogP contribution in [0.2, 0.25) is 5.02 Å². The molecule has 0 aliphatic heterocycles. The minimum atomic E-state index is -0.235. The van der Waals surface area contributed by atoms with Crippen molar-refractivity contribution in [2.45, 2.75) is 12.8 Å². The zero-order valence-corrected chi connectivity index (χ0v) is 14.7. The van der Waals surface area contributed by atoms with Crippen molar-refractivity contribution in [1.82, 2.24) is 0 Å². The maximum atomic E-state index is 13.3. The van der Waals surface area contributed by atoms with E-state index in [-0.39, 0.29) is 5.82 Å². The molecule has 0 bridgehead atoms. The molecule has 2 aromatic carbocycles. The average Bonchev–Trinajstić information content (AvgIpc) is 2.44. The van der Waals surface area contributed by atoms with E-state index < -0.39 is 0 Å². The third kappa shape index (κ3) is 4.57. The van der Waals surface area contributed by atoms with E-state index in [0.29, 0.717) is 10.9 Å². The van der Waals surface area contributed by atoms with Crippen LogP contribution in [-0.4, -0.2) is 5.33 Å². The summed E-state index contributed by atoms with van der Waals surface area (Å²) in [6.45, 7) is 0. The summed E-state index contributed by atoms with van der Waals surface area (Å²) in [5.74, 6) is 0.150. The highest BCUT2D eigenvalue weighted by atomic mass is 79.9. The summed E-state index contributed by atoms with van der Waals surface area (Å²) in [4.78, 5) is 0. The summed E-state index contributed by atoms with van der Waals surface area (Å²) >= 11 is 13.1. The van der Waals surface area contributed by atoms with Gasteiger partial charge in [-0.1, -0.05) is 55.6 Å². The van der Waals surface area contributed by atoms with Crippen LogP contribution in [-0.2, 0) is 12.8 Å². The Bertz CT molecular complexity index is 569. The molecule has 0 aliphatic rings. The second-order valence-electron chi connectivity index (χ2n) is 4.79. The number of benzene rings is 2. The third-order valence-electron chi connectivity index (χ3n) is 3.17. The molecule has 0 N–H and O–H groups in total. The minimum Gasteiger partial charge on any atom is -0.207 e. The largest absolute Gasteiger partial charge is 0.207 e. The molecule has 0 aliphatic carbocycles. The smallest absolute Gasteiger partial charge is 0.123 e. The van der Waals surface area contributed by atoms with Gasteiger partial charge in [0.2, 0.25) is 0 Å². The lowest BCUT2D eigenvalue weighted by molar-refractivity contribution is 0.582. The maximum Gasteiger partial charge on any atom is 0.123 e. The van der Waals surface area contributed by atoms with Crippen LogP contribution in [0.1, 0.15) is 11.1 Å². The number of rotatable bonds is 5. The summed E-state index contributed by atoms with van der Waals surface area (Å²) in [6, 6.07) is 12.8. The van der Waals surface area contributed by atoms with Gasteiger partial charge in [0, 0.05) is 14.8 Å². The van der Waals surface area contributed by atoms with Gasteiger partial charge in [-0.25, -0.2) is 4.39 Å². The highest BCUT2D eigenvalue weighted by Gasteiger charge is 2.12. The highest BCUT2D eigenvalue weighted by molar-refractivity contribution is 9.10. The van der Waals surface area contributed by atoms with Crippen LogP contribution >= 0.6 is 43.5 Å². The lowest BCUT2D eigenvalue weighted by atomic mass is 9.94. The Morgan fingerprint density at radius 2 is 1.75 bits per heavy atom. The molecule has 2 rings (SSSR count). The quantitative estimate of drug-likeness (QED) is 0.518. The molecular formula is C16H14Br2ClF. The topological polar surface area (TPSA) is 0 Å². The molecule has 0 fully saturated rings. The van der Waals surface area contributed by atoms with Crippen LogP contribution in [0.4, 0.5) is 4.39 Å². The van der Waals surface area contributed by atoms with E-state index in [9.17, 15) is 4.39 Å². The van der Waals surface area contributed by atoms with Crippen LogP contribution in [0.15, 0.2) is 46.9 Å². The SMILES string of the molecule is Fc1ccc(Cl)c(CC(CBr)Cc2ccc(Br)cc2)c1. The molecule has 0 spiro atoms. The van der Waals surface area contributed by atoms with Crippen molar-refractivity contribution in [1.29, 1.82) is 0 Å². The number of hydrogen-bond acceptors (Lipinski definition) is 0. The van der Waals surface area contributed by atoms with Crippen LogP contribution in [0.5, 0.6) is 0 Å². The molecule has 0 saturated heterocycles. The van der Waals surface area contributed by atoms with E-state index in [1.165, 1.54) is 17.7 Å². The van der Waals surface area contributed by atoms with Crippen LogP contribution in [0.25, 0.3) is 0 Å². The monoisotopic (exact) mass is 418 g/mol. The molecule has 20 heavy (non-hydrogen) atoms. The number of alkyl halides is 1. The zero-order chi connectivity index (χ0) is 14.5. The van der Waals surface area contributed by atoms with E-state index >= 15 is 0 Å². The summed E-state index contributed by atoms with van der Waals surface area (Å²) in [5.41, 5.74) is 2.14. The lowest BCUT2D eigenvalue weighted by Gasteiger charge is -2.15. The van der Waals surface area contributed by atoms with Gasteiger partial charge in [-0.2, -0.15) is 0 Å². The first-order valence-electron chi connectivity index (χ1n) is 6.33. The molecule has 0 amide bonds. The maximum absolute atomic E-state index is 13.3. The van der Waals surface area contributed by atoms with Crippen molar-refractivity contribution in [3.05, 3.63) is 68.9 Å². The van der Waals surface area contributed by atoms with Crippen molar-refractivity contribution in [3.8, 4) is 0 Å². The second-order valence-corrected chi connectivity index (χ2v) is 6.76. The molecule has 0 radical (unpaired) electrons. The van der Waals surface area contributed by atoms with E-state index in [1.54, 1.807) is 6.07 Å². The van der Waals surface area contributed by atoms with E-state index in [1.807, 2.05) is 12.1 Å². The summed E-state index contributed by atoms with van der Waals surface area (Å²) in [5, 5.41) is 1.49. The molecular weight excluding hydrogens is 406 g/mol. The van der Waals surface area contributed by atoms with E-state index in [0.717, 1.165) is 28.2 Å². The van der Waals surface area contributed by atoms with Gasteiger partial charge in [-0.15, -0.1) is 0 Å². The van der Waals surface area contributed by atoms with Gasteiger partial charge < -0.3 is 0 Å². The molecule has 0 nitrogen and oxygen atoms in total. The number of halogens is 4. The van der Waals surface area contributed by atoms with Gasteiger partial charge in [0.05, 0.1) is 0 Å². The molecule has 2 aromatic rings. The standard InChI is InChI=1S/C16H14Br2ClF/c17-10-12(7-11-1-3-14(18)4-2-11)8-13-9-15(20)5-6-16(13)19/h1-6,9,12H,7-8,10H2. The first-order valence-corrected chi connectivity index (χ1v) is 8.62. The Kier molecular flexibility index (Phi) is 6.06. The number of hydrogen-bond donors (Lipinski definition) is 0. The summed E-state index contributed by atoms with van der Waals surface area (Å²) in [7, 11) is 0. The normalized spacial score (nSPS) is 12.4. The fraction of sp³-hybridized carbons (Fsp3) is 0.250. The van der Waals surface area contributed by atoms with Crippen molar-refractivity contribution >= 4 is 43.5 Å². The Hall–Kier alpha value is -0.380. The lowest BCUT2D eigenvalue weighted by Crippen LogP contribution is -2.10. The Labute approximate surface area is 140 Å². The first kappa shape index (κ1) is 16.0. The van der Waals surface area contributed by atoms with Gasteiger partial charge >= 0.3 is 0 Å². The van der Waals surface area contributed by atoms with Gasteiger partial charge in [0.15, 0.2) is 0 Å². The molecule has 0 aromatic heterocycles. The first-order chi connectivity index (χ1) is 9.58. The van der Waals surface area contributed by atoms with Crippen LogP contribution in [0.3, 0.4) is 0 Å². The minimum absolute atomic E-state index is 0.235. The van der Waals surface area contributed by atoms with Crippen molar-refractivity contribution in [3.63, 3.8) is 0 Å². The predicted octanol–water partition coefficient (Wildman–Crippen LogP) is 6.04. The summed E-state index contributed by atoms with van der Waals surface area (Å²) in [6.07, 6.45) is 1.70. The Morgan fingerprint density at radius 1 is 1.05 bits per heavy atom. The highest BCUT2D eigenvalue weighted by Crippen LogP contribution is 2.24. The van der Waals surface area contributed by atoms with Crippen molar-refractivity contribution in [2.24, 2.45) is 5.92 Å². The Morgan fingerprint density at radius 3 is 2.40 bits per heavy atom. The predicted molar refractivity (Wildman–Crippen MR) is 90.2 cm³/mol. The van der Waals surface area contributed by atoms with Crippen LogP contribution < -0.4 is 0 Å². The van der Waals surface area contributed by atoms with Gasteiger partial charge in [-0.3, -0.25) is 0 Å². The molecule has 0 heterocycles. The molecule has 1 unspecified atom stereocenters. The third-order valence-corrected chi connectivity index (χ3v) is 4.99. The fourth-order valence-corrected chi connectivity index (χ4v) is 3.06. The van der Waals surface area contributed by atoms with Crippen molar-refractivity contribution in [2.75, 3.05) is 5.33 Å². The van der Waals surface area contributed by atoms with Gasteiger partial charge in [-0.05, 0) is 60.2 Å². The molecule has 1 atom stereocenters. The zero-order valence-electron chi connectivity index (χ0n) is 10.8. The fourth-order valence-electron chi connectivity index (χ4n) is 2.15. The van der Waals surface area contributed by atoms with Crippen LogP contribution in [0, 0.1) is 11.7 Å². The van der Waals surface area contributed by atoms with E-state index in [2.05, 4.69) is 44.0 Å². The molecule has 106 valence electrons. The molecule has 0 saturated carbocycles. The molecule has 4 heteroatoms. The average molecular weight is 421 g/mol.